The van der Waals surface area contributed by atoms with Gasteiger partial charge in [-0.3, -0.25) is 4.79 Å². The van der Waals surface area contributed by atoms with Crippen LogP contribution in [0.3, 0.4) is 0 Å². The Morgan fingerprint density at radius 3 is 2.63 bits per heavy atom. The van der Waals surface area contributed by atoms with Gasteiger partial charge in [-0.2, -0.15) is 0 Å². The molecule has 4 nitrogen and oxygen atoms in total. The minimum atomic E-state index is -0.956. The van der Waals surface area contributed by atoms with Crippen LogP contribution in [0.1, 0.15) is 30.4 Å². The molecule has 1 amide bonds. The molecule has 2 rings (SSSR count). The van der Waals surface area contributed by atoms with Gasteiger partial charge in [0.25, 0.3) is 0 Å². The Labute approximate surface area is 112 Å². The van der Waals surface area contributed by atoms with Gasteiger partial charge in [0.15, 0.2) is 0 Å². The van der Waals surface area contributed by atoms with E-state index in [-0.39, 0.29) is 5.91 Å². The molecule has 1 heterocycles. The molecular formula is C15H17NO3. The first-order valence-electron chi connectivity index (χ1n) is 6.43. The quantitative estimate of drug-likeness (QED) is 0.844. The number of benzene rings is 1. The average Bonchev–Trinajstić information content (AvgIpc) is 2.40. The molecule has 1 N–H and O–H groups in total. The number of rotatable bonds is 4. The third-order valence-electron chi connectivity index (χ3n) is 3.19. The highest BCUT2D eigenvalue weighted by Gasteiger charge is 2.17. The number of nitrogens with zero attached hydrogens (tertiary/aromatic N) is 1. The van der Waals surface area contributed by atoms with Gasteiger partial charge < -0.3 is 10.0 Å². The number of amides is 1. The second-order valence-corrected chi connectivity index (χ2v) is 4.69. The van der Waals surface area contributed by atoms with E-state index in [1.807, 2.05) is 29.2 Å². The molecule has 19 heavy (non-hydrogen) atoms. The summed E-state index contributed by atoms with van der Waals surface area (Å²) in [5, 5.41) is 8.54. The van der Waals surface area contributed by atoms with E-state index >= 15 is 0 Å². The monoisotopic (exact) mass is 259 g/mol. The van der Waals surface area contributed by atoms with Crippen LogP contribution in [0.15, 0.2) is 30.3 Å². The summed E-state index contributed by atoms with van der Waals surface area (Å²) in [6, 6.07) is 7.60. The lowest BCUT2D eigenvalue weighted by molar-refractivity contribution is -0.134. The zero-order chi connectivity index (χ0) is 13.7. The van der Waals surface area contributed by atoms with Crippen molar-refractivity contribution in [2.24, 2.45) is 0 Å². The largest absolute Gasteiger partial charge is 0.478 e. The van der Waals surface area contributed by atoms with Crippen molar-refractivity contribution in [3.05, 3.63) is 41.5 Å². The van der Waals surface area contributed by atoms with Crippen molar-refractivity contribution in [2.45, 2.75) is 25.8 Å². The predicted molar refractivity (Wildman–Crippen MR) is 72.4 cm³/mol. The fourth-order valence-electron chi connectivity index (χ4n) is 2.15. The summed E-state index contributed by atoms with van der Waals surface area (Å²) in [5.41, 5.74) is 1.92. The standard InChI is InChI=1S/C15H17NO3/c17-14-3-1-2-10-16(14)11-13-6-4-12(5-7-13)8-9-15(18)19/h4-9H,1-3,10-11H2,(H,18,19)/b9-8+. The van der Waals surface area contributed by atoms with Gasteiger partial charge >= 0.3 is 5.97 Å². The molecule has 100 valence electrons. The normalized spacial score (nSPS) is 16.0. The Morgan fingerprint density at radius 2 is 2.00 bits per heavy atom. The van der Waals surface area contributed by atoms with Gasteiger partial charge in [0.1, 0.15) is 0 Å². The van der Waals surface area contributed by atoms with Crippen molar-refractivity contribution in [3.63, 3.8) is 0 Å². The summed E-state index contributed by atoms with van der Waals surface area (Å²) >= 11 is 0. The molecule has 1 aliphatic heterocycles. The van der Waals surface area contributed by atoms with Crippen molar-refractivity contribution in [1.29, 1.82) is 0 Å². The third kappa shape index (κ3) is 3.95. The lowest BCUT2D eigenvalue weighted by Gasteiger charge is -2.26. The maximum absolute atomic E-state index is 11.7. The van der Waals surface area contributed by atoms with Gasteiger partial charge in [0.2, 0.25) is 5.91 Å². The highest BCUT2D eigenvalue weighted by atomic mass is 16.4. The lowest BCUT2D eigenvalue weighted by Crippen LogP contribution is -2.34. The summed E-state index contributed by atoms with van der Waals surface area (Å²) in [5.74, 6) is -0.732. The van der Waals surface area contributed by atoms with Crippen LogP contribution in [0.4, 0.5) is 0 Å². The fraction of sp³-hybridized carbons (Fsp3) is 0.333. The summed E-state index contributed by atoms with van der Waals surface area (Å²) in [6.45, 7) is 1.47. The molecule has 0 saturated carbocycles. The van der Waals surface area contributed by atoms with Crippen LogP contribution >= 0.6 is 0 Å². The Bertz CT molecular complexity index is 491. The first kappa shape index (κ1) is 13.3. The molecule has 1 fully saturated rings. The topological polar surface area (TPSA) is 57.6 Å². The fourth-order valence-corrected chi connectivity index (χ4v) is 2.15. The van der Waals surface area contributed by atoms with E-state index < -0.39 is 5.97 Å². The summed E-state index contributed by atoms with van der Waals surface area (Å²) in [4.78, 5) is 24.0. The van der Waals surface area contributed by atoms with E-state index in [4.69, 9.17) is 5.11 Å². The lowest BCUT2D eigenvalue weighted by atomic mass is 10.1. The predicted octanol–water partition coefficient (Wildman–Crippen LogP) is 2.30. The maximum Gasteiger partial charge on any atom is 0.328 e. The van der Waals surface area contributed by atoms with Crippen LogP contribution < -0.4 is 0 Å². The Hall–Kier alpha value is -2.10. The van der Waals surface area contributed by atoms with E-state index in [0.717, 1.165) is 36.6 Å². The van der Waals surface area contributed by atoms with Crippen LogP contribution in [0.5, 0.6) is 0 Å². The van der Waals surface area contributed by atoms with Crippen LogP contribution in [0, 0.1) is 0 Å². The van der Waals surface area contributed by atoms with E-state index in [1.165, 1.54) is 0 Å². The Kier molecular flexibility index (Phi) is 4.34. The van der Waals surface area contributed by atoms with Crippen LogP contribution in [-0.2, 0) is 16.1 Å². The zero-order valence-corrected chi connectivity index (χ0v) is 10.7. The van der Waals surface area contributed by atoms with Crippen LogP contribution in [0.25, 0.3) is 6.08 Å². The van der Waals surface area contributed by atoms with Gasteiger partial charge in [-0.05, 0) is 30.0 Å². The molecule has 1 aromatic carbocycles. The van der Waals surface area contributed by atoms with Crippen molar-refractivity contribution in [3.8, 4) is 0 Å². The van der Waals surface area contributed by atoms with Gasteiger partial charge in [-0.1, -0.05) is 24.3 Å². The van der Waals surface area contributed by atoms with E-state index in [1.54, 1.807) is 6.08 Å². The molecule has 0 radical (unpaired) electrons. The number of carboxylic acid groups (broad SMARTS) is 1. The summed E-state index contributed by atoms with van der Waals surface area (Å²) in [7, 11) is 0. The molecule has 1 aliphatic rings. The first-order chi connectivity index (χ1) is 9.15. The number of carbonyl (C=O) groups excluding carboxylic acids is 1. The molecule has 4 heteroatoms. The van der Waals surface area contributed by atoms with Gasteiger partial charge in [-0.15, -0.1) is 0 Å². The van der Waals surface area contributed by atoms with Gasteiger partial charge in [-0.25, -0.2) is 4.79 Å². The molecule has 0 atom stereocenters. The number of carboxylic acids is 1. The van der Waals surface area contributed by atoms with Gasteiger partial charge in [0, 0.05) is 25.6 Å². The Balaban J connectivity index is 1.98. The van der Waals surface area contributed by atoms with Crippen LogP contribution in [0.2, 0.25) is 0 Å². The second-order valence-electron chi connectivity index (χ2n) is 4.69. The highest BCUT2D eigenvalue weighted by Crippen LogP contribution is 2.15. The average molecular weight is 259 g/mol. The Morgan fingerprint density at radius 1 is 1.26 bits per heavy atom. The minimum Gasteiger partial charge on any atom is -0.478 e. The molecule has 0 unspecified atom stereocenters. The molecule has 1 saturated heterocycles. The second kappa shape index (κ2) is 6.18. The molecule has 0 aromatic heterocycles. The highest BCUT2D eigenvalue weighted by molar-refractivity contribution is 5.85. The maximum atomic E-state index is 11.7. The van der Waals surface area contributed by atoms with Gasteiger partial charge in [0.05, 0.1) is 0 Å². The number of carbonyl (C=O) groups is 2. The number of likely N-dealkylation sites (tertiary alicyclic amines) is 1. The smallest absolute Gasteiger partial charge is 0.328 e. The SMILES string of the molecule is O=C(O)/C=C/c1ccc(CN2CCCCC2=O)cc1. The number of hydrogen-bond acceptors (Lipinski definition) is 2. The molecule has 1 aromatic rings. The minimum absolute atomic E-state index is 0.223. The third-order valence-corrected chi connectivity index (χ3v) is 3.19. The summed E-state index contributed by atoms with van der Waals surface area (Å²) in [6.07, 6.45) is 5.39. The van der Waals surface area contributed by atoms with E-state index in [9.17, 15) is 9.59 Å². The first-order valence-corrected chi connectivity index (χ1v) is 6.43. The van der Waals surface area contributed by atoms with E-state index in [2.05, 4.69) is 0 Å². The number of piperidine rings is 1. The summed E-state index contributed by atoms with van der Waals surface area (Å²) < 4.78 is 0. The van der Waals surface area contributed by atoms with Crippen molar-refractivity contribution in [2.75, 3.05) is 6.54 Å². The number of hydrogen-bond donors (Lipinski definition) is 1. The molecular weight excluding hydrogens is 242 g/mol. The number of aliphatic carboxylic acids is 1. The molecule has 0 aliphatic carbocycles. The van der Waals surface area contributed by atoms with Crippen molar-refractivity contribution < 1.29 is 14.7 Å². The molecule has 0 bridgehead atoms. The molecule has 0 spiro atoms. The van der Waals surface area contributed by atoms with Crippen molar-refractivity contribution >= 4 is 18.0 Å². The van der Waals surface area contributed by atoms with Crippen molar-refractivity contribution in [1.82, 2.24) is 4.90 Å². The van der Waals surface area contributed by atoms with E-state index in [0.29, 0.717) is 13.0 Å². The van der Waals surface area contributed by atoms with Crippen LogP contribution in [-0.4, -0.2) is 28.4 Å². The zero-order valence-electron chi connectivity index (χ0n) is 10.7.